The maximum absolute atomic E-state index is 12.8. The largest absolute Gasteiger partial charge is 0.489 e. The lowest BCUT2D eigenvalue weighted by atomic mass is 9.97. The van der Waals surface area contributed by atoms with Gasteiger partial charge in [-0.1, -0.05) is 12.1 Å². The number of carbonyl (C=O) groups is 2. The van der Waals surface area contributed by atoms with Gasteiger partial charge in [0.25, 0.3) is 5.91 Å². The SMILES string of the molecule is CCOc1c(OC(C)OC(=O)C(C)(C)C)cccc1C(=O)Nc1cccc(N=O)c1. The summed E-state index contributed by atoms with van der Waals surface area (Å²) in [6.45, 7) is 8.89. The Morgan fingerprint density at radius 3 is 2.47 bits per heavy atom. The van der Waals surface area contributed by atoms with Crippen molar-refractivity contribution >= 4 is 23.3 Å². The zero-order chi connectivity index (χ0) is 22.3. The molecule has 0 saturated carbocycles. The van der Waals surface area contributed by atoms with E-state index in [-0.39, 0.29) is 22.7 Å². The minimum Gasteiger partial charge on any atom is -0.489 e. The summed E-state index contributed by atoms with van der Waals surface area (Å²) >= 11 is 0. The van der Waals surface area contributed by atoms with Crippen LogP contribution in [0.25, 0.3) is 0 Å². The number of benzene rings is 2. The molecular formula is C22H26N2O6. The van der Waals surface area contributed by atoms with E-state index in [0.717, 1.165) is 0 Å². The molecule has 8 heteroatoms. The molecule has 1 N–H and O–H groups in total. The quantitative estimate of drug-likeness (QED) is 0.368. The monoisotopic (exact) mass is 414 g/mol. The number of nitroso groups, excluding NO2 is 1. The fourth-order valence-electron chi connectivity index (χ4n) is 2.45. The second-order valence-electron chi connectivity index (χ2n) is 7.50. The lowest BCUT2D eigenvalue weighted by Crippen LogP contribution is -2.29. The molecule has 1 amide bonds. The van der Waals surface area contributed by atoms with E-state index in [2.05, 4.69) is 10.5 Å². The van der Waals surface area contributed by atoms with Crippen molar-refractivity contribution in [3.05, 3.63) is 52.9 Å². The highest BCUT2D eigenvalue weighted by atomic mass is 16.7. The topological polar surface area (TPSA) is 103 Å². The van der Waals surface area contributed by atoms with Crippen LogP contribution in [0.2, 0.25) is 0 Å². The van der Waals surface area contributed by atoms with Gasteiger partial charge in [0.15, 0.2) is 11.5 Å². The average Bonchev–Trinajstić information content (AvgIpc) is 2.68. The summed E-state index contributed by atoms with van der Waals surface area (Å²) in [4.78, 5) is 35.6. The van der Waals surface area contributed by atoms with Gasteiger partial charge in [0.2, 0.25) is 6.29 Å². The fraction of sp³-hybridized carbons (Fsp3) is 0.364. The van der Waals surface area contributed by atoms with Crippen LogP contribution in [0.15, 0.2) is 47.6 Å². The zero-order valence-electron chi connectivity index (χ0n) is 17.7. The van der Waals surface area contributed by atoms with E-state index in [1.54, 1.807) is 65.0 Å². The summed E-state index contributed by atoms with van der Waals surface area (Å²) < 4.78 is 16.7. The van der Waals surface area contributed by atoms with Gasteiger partial charge in [0.05, 0.1) is 17.6 Å². The van der Waals surface area contributed by atoms with Crippen molar-refractivity contribution in [3.63, 3.8) is 0 Å². The van der Waals surface area contributed by atoms with E-state index in [1.165, 1.54) is 12.1 Å². The van der Waals surface area contributed by atoms with Gasteiger partial charge < -0.3 is 19.5 Å². The smallest absolute Gasteiger partial charge is 0.314 e. The minimum atomic E-state index is -0.885. The summed E-state index contributed by atoms with van der Waals surface area (Å²) in [5, 5.41) is 5.56. The average molecular weight is 414 g/mol. The van der Waals surface area contributed by atoms with Gasteiger partial charge in [-0.15, -0.1) is 4.91 Å². The van der Waals surface area contributed by atoms with Gasteiger partial charge in [0.1, 0.15) is 5.69 Å². The third kappa shape index (κ3) is 6.04. The predicted octanol–water partition coefficient (Wildman–Crippen LogP) is 5.05. The molecular weight excluding hydrogens is 388 g/mol. The van der Waals surface area contributed by atoms with E-state index < -0.39 is 23.6 Å². The van der Waals surface area contributed by atoms with Crippen LogP contribution in [0, 0.1) is 10.3 Å². The third-order valence-corrected chi connectivity index (χ3v) is 3.90. The molecule has 0 aliphatic rings. The molecule has 0 aliphatic carbocycles. The number of hydrogen-bond acceptors (Lipinski definition) is 7. The van der Waals surface area contributed by atoms with Crippen LogP contribution in [0.4, 0.5) is 11.4 Å². The van der Waals surface area contributed by atoms with E-state index >= 15 is 0 Å². The molecule has 1 unspecified atom stereocenters. The Labute approximate surface area is 175 Å². The van der Waals surface area contributed by atoms with Crippen molar-refractivity contribution in [1.29, 1.82) is 0 Å². The maximum Gasteiger partial charge on any atom is 0.314 e. The molecule has 2 aromatic rings. The van der Waals surface area contributed by atoms with Crippen molar-refractivity contribution in [2.75, 3.05) is 11.9 Å². The summed E-state index contributed by atoms with van der Waals surface area (Å²) in [7, 11) is 0. The normalized spacial score (nSPS) is 11.9. The molecule has 30 heavy (non-hydrogen) atoms. The van der Waals surface area contributed by atoms with E-state index in [9.17, 15) is 14.5 Å². The Kier molecular flexibility index (Phi) is 7.52. The number of rotatable bonds is 8. The van der Waals surface area contributed by atoms with Crippen LogP contribution in [-0.2, 0) is 9.53 Å². The Balaban J connectivity index is 2.25. The number of nitrogens with zero attached hydrogens (tertiary/aromatic N) is 1. The van der Waals surface area contributed by atoms with Crippen molar-refractivity contribution in [2.24, 2.45) is 10.6 Å². The molecule has 0 aromatic heterocycles. The number of amides is 1. The number of para-hydroxylation sites is 1. The van der Waals surface area contributed by atoms with Gasteiger partial charge in [0, 0.05) is 12.6 Å². The maximum atomic E-state index is 12.8. The Hall–Kier alpha value is -3.42. The standard InChI is InChI=1S/C22H26N2O6/c1-6-28-19-17(20(25)23-15-9-7-10-16(13-15)24-27)11-8-12-18(19)29-14(2)30-21(26)22(3,4)5/h7-14H,6H2,1-5H3,(H,23,25). The summed E-state index contributed by atoms with van der Waals surface area (Å²) in [6.07, 6.45) is -0.885. The van der Waals surface area contributed by atoms with Crippen LogP contribution >= 0.6 is 0 Å². The molecule has 8 nitrogen and oxygen atoms in total. The molecule has 0 aliphatic heterocycles. The second-order valence-corrected chi connectivity index (χ2v) is 7.50. The Morgan fingerprint density at radius 1 is 1.13 bits per heavy atom. The third-order valence-electron chi connectivity index (χ3n) is 3.90. The molecule has 0 spiro atoms. The first-order valence-electron chi connectivity index (χ1n) is 9.54. The molecule has 160 valence electrons. The molecule has 0 saturated heterocycles. The summed E-state index contributed by atoms with van der Waals surface area (Å²) in [5.41, 5.74) is 0.170. The number of anilines is 1. The van der Waals surface area contributed by atoms with Gasteiger partial charge in [-0.3, -0.25) is 9.59 Å². The molecule has 0 heterocycles. The van der Waals surface area contributed by atoms with Gasteiger partial charge in [-0.05, 0) is 63.2 Å². The van der Waals surface area contributed by atoms with Gasteiger partial charge in [-0.2, -0.15) is 0 Å². The first-order valence-corrected chi connectivity index (χ1v) is 9.54. The summed E-state index contributed by atoms with van der Waals surface area (Å²) in [6, 6.07) is 11.1. The number of carbonyl (C=O) groups excluding carboxylic acids is 2. The van der Waals surface area contributed by atoms with Gasteiger partial charge >= 0.3 is 5.97 Å². The molecule has 0 radical (unpaired) electrons. The van der Waals surface area contributed by atoms with Crippen LogP contribution in [-0.4, -0.2) is 24.8 Å². The van der Waals surface area contributed by atoms with Crippen molar-refractivity contribution < 1.29 is 23.8 Å². The van der Waals surface area contributed by atoms with E-state index in [0.29, 0.717) is 12.3 Å². The molecule has 1 atom stereocenters. The van der Waals surface area contributed by atoms with Gasteiger partial charge in [-0.25, -0.2) is 0 Å². The predicted molar refractivity (Wildman–Crippen MR) is 113 cm³/mol. The molecule has 2 rings (SSSR count). The summed E-state index contributed by atoms with van der Waals surface area (Å²) in [5.74, 6) is -0.375. The second kappa shape index (κ2) is 9.87. The first-order chi connectivity index (χ1) is 14.2. The van der Waals surface area contributed by atoms with Crippen LogP contribution in [0.5, 0.6) is 11.5 Å². The van der Waals surface area contributed by atoms with E-state index in [4.69, 9.17) is 14.2 Å². The number of esters is 1. The van der Waals surface area contributed by atoms with Crippen molar-refractivity contribution in [3.8, 4) is 11.5 Å². The number of nitrogens with one attached hydrogen (secondary N) is 1. The lowest BCUT2D eigenvalue weighted by molar-refractivity contribution is -0.171. The van der Waals surface area contributed by atoms with Crippen LogP contribution < -0.4 is 14.8 Å². The molecule has 2 aromatic carbocycles. The fourth-order valence-corrected chi connectivity index (χ4v) is 2.45. The van der Waals surface area contributed by atoms with Crippen molar-refractivity contribution in [2.45, 2.75) is 40.9 Å². The first kappa shape index (κ1) is 22.9. The molecule has 0 bridgehead atoms. The van der Waals surface area contributed by atoms with Crippen molar-refractivity contribution in [1.82, 2.24) is 0 Å². The Bertz CT molecular complexity index is 920. The van der Waals surface area contributed by atoms with Crippen LogP contribution in [0.3, 0.4) is 0 Å². The minimum absolute atomic E-state index is 0.199. The highest BCUT2D eigenvalue weighted by molar-refractivity contribution is 6.06. The number of hydrogen-bond donors (Lipinski definition) is 1. The Morgan fingerprint density at radius 2 is 1.83 bits per heavy atom. The number of ether oxygens (including phenoxy) is 3. The van der Waals surface area contributed by atoms with Crippen LogP contribution in [0.1, 0.15) is 45.0 Å². The zero-order valence-corrected chi connectivity index (χ0v) is 17.7. The highest BCUT2D eigenvalue weighted by Crippen LogP contribution is 2.33. The van der Waals surface area contributed by atoms with E-state index in [1.807, 2.05) is 0 Å². The molecule has 0 fully saturated rings. The highest BCUT2D eigenvalue weighted by Gasteiger charge is 2.26. The lowest BCUT2D eigenvalue weighted by Gasteiger charge is -2.23.